The summed E-state index contributed by atoms with van der Waals surface area (Å²) in [5, 5.41) is 2.83. The van der Waals surface area contributed by atoms with E-state index in [9.17, 15) is 14.4 Å². The van der Waals surface area contributed by atoms with E-state index in [1.165, 1.54) is 0 Å². The highest BCUT2D eigenvalue weighted by Gasteiger charge is 2.25. The number of thiophene rings is 1. The summed E-state index contributed by atoms with van der Waals surface area (Å²) in [5.41, 5.74) is 7.79. The Morgan fingerprint density at radius 3 is 2.52 bits per heavy atom. The smallest absolute Gasteiger partial charge is 0.341 e. The maximum Gasteiger partial charge on any atom is 0.341 e. The summed E-state index contributed by atoms with van der Waals surface area (Å²) in [5.74, 6) is -1.14. The highest BCUT2D eigenvalue weighted by atomic mass is 32.1. The molecule has 144 valence electrons. The van der Waals surface area contributed by atoms with Gasteiger partial charge in [0.2, 0.25) is 0 Å². The van der Waals surface area contributed by atoms with Gasteiger partial charge in [-0.1, -0.05) is 12.1 Å². The fraction of sp³-hybridized carbons (Fsp3) is 0.316. The van der Waals surface area contributed by atoms with E-state index in [4.69, 9.17) is 15.2 Å². The third kappa shape index (κ3) is 4.85. The second-order valence-electron chi connectivity index (χ2n) is 5.95. The van der Waals surface area contributed by atoms with Crippen LogP contribution in [-0.4, -0.2) is 31.0 Å². The molecule has 0 aliphatic rings. The normalized spacial score (nSPS) is 10.4. The van der Waals surface area contributed by atoms with Crippen molar-refractivity contribution in [2.24, 2.45) is 5.73 Å². The van der Waals surface area contributed by atoms with Crippen molar-refractivity contribution in [3.63, 3.8) is 0 Å². The van der Waals surface area contributed by atoms with Gasteiger partial charge in [-0.05, 0) is 50.5 Å². The Balaban J connectivity index is 2.19. The molecule has 8 heteroatoms. The molecule has 0 aliphatic carbocycles. The van der Waals surface area contributed by atoms with Crippen LogP contribution in [0.3, 0.4) is 0 Å². The minimum atomic E-state index is -0.671. The SMILES string of the molecule is CCOC(=O)c1c(NC(=O)COc2cc(C)ccc2C)sc(C(N)=O)c1C. The lowest BCUT2D eigenvalue weighted by molar-refractivity contribution is -0.118. The summed E-state index contributed by atoms with van der Waals surface area (Å²) in [7, 11) is 0. The molecule has 2 aromatic rings. The lowest BCUT2D eigenvalue weighted by atomic mass is 10.1. The minimum absolute atomic E-state index is 0.135. The van der Waals surface area contributed by atoms with E-state index in [0.717, 1.165) is 22.5 Å². The van der Waals surface area contributed by atoms with Gasteiger partial charge in [-0.3, -0.25) is 9.59 Å². The zero-order valence-corrected chi connectivity index (χ0v) is 16.5. The summed E-state index contributed by atoms with van der Waals surface area (Å²) >= 11 is 0.941. The van der Waals surface area contributed by atoms with Crippen molar-refractivity contribution in [2.45, 2.75) is 27.7 Å². The number of hydrogen-bond donors (Lipinski definition) is 2. The number of carbonyl (C=O) groups excluding carboxylic acids is 3. The molecule has 7 nitrogen and oxygen atoms in total. The Morgan fingerprint density at radius 1 is 1.19 bits per heavy atom. The van der Waals surface area contributed by atoms with Gasteiger partial charge in [-0.25, -0.2) is 4.79 Å². The van der Waals surface area contributed by atoms with Gasteiger partial charge >= 0.3 is 5.97 Å². The molecular formula is C19H22N2O5S. The summed E-state index contributed by atoms with van der Waals surface area (Å²) in [6, 6.07) is 5.70. The first-order chi connectivity index (χ1) is 12.7. The molecule has 3 N–H and O–H groups in total. The number of aryl methyl sites for hydroxylation is 2. The number of ether oxygens (including phenoxy) is 2. The summed E-state index contributed by atoms with van der Waals surface area (Å²) in [6.07, 6.45) is 0. The van der Waals surface area contributed by atoms with E-state index >= 15 is 0 Å². The highest BCUT2D eigenvalue weighted by Crippen LogP contribution is 2.33. The average molecular weight is 390 g/mol. The molecule has 0 spiro atoms. The third-order valence-electron chi connectivity index (χ3n) is 3.81. The van der Waals surface area contributed by atoms with Gasteiger partial charge in [0.15, 0.2) is 6.61 Å². The van der Waals surface area contributed by atoms with Gasteiger partial charge in [-0.2, -0.15) is 0 Å². The monoisotopic (exact) mass is 390 g/mol. The summed E-state index contributed by atoms with van der Waals surface area (Å²) < 4.78 is 10.6. The van der Waals surface area contributed by atoms with Crippen LogP contribution in [0.25, 0.3) is 0 Å². The number of carbonyl (C=O) groups is 3. The number of anilines is 1. The topological polar surface area (TPSA) is 108 Å². The van der Waals surface area contributed by atoms with Crippen molar-refractivity contribution in [1.82, 2.24) is 0 Å². The molecule has 0 saturated heterocycles. The van der Waals surface area contributed by atoms with E-state index in [1.54, 1.807) is 13.8 Å². The number of primary amides is 1. The molecule has 0 fully saturated rings. The fourth-order valence-corrected chi connectivity index (χ4v) is 3.52. The molecule has 0 atom stereocenters. The molecule has 1 heterocycles. The lowest BCUT2D eigenvalue weighted by Gasteiger charge is -2.10. The Labute approximate surface area is 161 Å². The first kappa shape index (κ1) is 20.4. The van der Waals surface area contributed by atoms with Gasteiger partial charge in [-0.15, -0.1) is 11.3 Å². The van der Waals surface area contributed by atoms with Crippen LogP contribution in [0.1, 0.15) is 43.6 Å². The van der Waals surface area contributed by atoms with E-state index in [2.05, 4.69) is 5.32 Å². The molecule has 2 rings (SSSR count). The first-order valence-corrected chi connectivity index (χ1v) is 9.16. The van der Waals surface area contributed by atoms with Gasteiger partial charge in [0, 0.05) is 0 Å². The first-order valence-electron chi connectivity index (χ1n) is 8.34. The second kappa shape index (κ2) is 8.68. The zero-order valence-electron chi connectivity index (χ0n) is 15.7. The Morgan fingerprint density at radius 2 is 1.89 bits per heavy atom. The molecule has 0 unspecified atom stereocenters. The Bertz CT molecular complexity index is 888. The predicted octanol–water partition coefficient (Wildman–Crippen LogP) is 2.97. The maximum absolute atomic E-state index is 12.3. The van der Waals surface area contributed by atoms with E-state index in [1.807, 2.05) is 32.0 Å². The van der Waals surface area contributed by atoms with Crippen molar-refractivity contribution in [3.8, 4) is 5.75 Å². The van der Waals surface area contributed by atoms with Crippen molar-refractivity contribution in [2.75, 3.05) is 18.5 Å². The van der Waals surface area contributed by atoms with E-state index in [0.29, 0.717) is 11.3 Å². The molecule has 2 amide bonds. The number of nitrogens with two attached hydrogens (primary N) is 1. The number of amides is 2. The molecule has 0 aliphatic heterocycles. The minimum Gasteiger partial charge on any atom is -0.483 e. The van der Waals surface area contributed by atoms with Crippen LogP contribution in [-0.2, 0) is 9.53 Å². The molecule has 0 saturated carbocycles. The molecule has 1 aromatic heterocycles. The van der Waals surface area contributed by atoms with Crippen LogP contribution in [0.4, 0.5) is 5.00 Å². The lowest BCUT2D eigenvalue weighted by Crippen LogP contribution is -2.21. The largest absolute Gasteiger partial charge is 0.483 e. The number of esters is 1. The molecule has 0 bridgehead atoms. The Kier molecular flexibility index (Phi) is 6.57. The number of rotatable bonds is 7. The quantitative estimate of drug-likeness (QED) is 0.707. The number of nitrogens with one attached hydrogen (secondary N) is 1. The summed E-state index contributed by atoms with van der Waals surface area (Å²) in [4.78, 5) is 36.3. The van der Waals surface area contributed by atoms with Crippen LogP contribution in [0.15, 0.2) is 18.2 Å². The van der Waals surface area contributed by atoms with Crippen LogP contribution in [0.5, 0.6) is 5.75 Å². The van der Waals surface area contributed by atoms with Crippen LogP contribution < -0.4 is 15.8 Å². The van der Waals surface area contributed by atoms with Gasteiger partial charge in [0.1, 0.15) is 10.8 Å². The Hall–Kier alpha value is -2.87. The van der Waals surface area contributed by atoms with E-state index in [-0.39, 0.29) is 28.7 Å². The van der Waals surface area contributed by atoms with Crippen LogP contribution >= 0.6 is 11.3 Å². The van der Waals surface area contributed by atoms with Gasteiger partial charge in [0.05, 0.1) is 17.0 Å². The predicted molar refractivity (Wildman–Crippen MR) is 104 cm³/mol. The number of benzene rings is 1. The second-order valence-corrected chi connectivity index (χ2v) is 6.97. The van der Waals surface area contributed by atoms with Crippen LogP contribution in [0.2, 0.25) is 0 Å². The molecule has 0 radical (unpaired) electrons. The average Bonchev–Trinajstić information content (AvgIpc) is 2.92. The summed E-state index contributed by atoms with van der Waals surface area (Å²) in [6.45, 7) is 7.00. The van der Waals surface area contributed by atoms with Crippen molar-refractivity contribution < 1.29 is 23.9 Å². The van der Waals surface area contributed by atoms with Gasteiger partial charge < -0.3 is 20.5 Å². The van der Waals surface area contributed by atoms with Crippen molar-refractivity contribution in [3.05, 3.63) is 45.3 Å². The zero-order chi connectivity index (χ0) is 20.1. The highest BCUT2D eigenvalue weighted by molar-refractivity contribution is 7.18. The van der Waals surface area contributed by atoms with E-state index < -0.39 is 17.8 Å². The molecule has 1 aromatic carbocycles. The number of hydrogen-bond acceptors (Lipinski definition) is 6. The molecular weight excluding hydrogens is 368 g/mol. The van der Waals surface area contributed by atoms with Crippen LogP contribution in [0, 0.1) is 20.8 Å². The molecule has 27 heavy (non-hydrogen) atoms. The van der Waals surface area contributed by atoms with Crippen molar-refractivity contribution in [1.29, 1.82) is 0 Å². The van der Waals surface area contributed by atoms with Gasteiger partial charge in [0.25, 0.3) is 11.8 Å². The van der Waals surface area contributed by atoms with Crippen molar-refractivity contribution >= 4 is 34.1 Å². The third-order valence-corrected chi connectivity index (χ3v) is 5.03. The standard InChI is InChI=1S/C19H22N2O5S/c1-5-25-19(24)15-12(4)16(17(20)23)27-18(15)21-14(22)9-26-13-8-10(2)6-7-11(13)3/h6-8H,5,9H2,1-4H3,(H2,20,23)(H,21,22). The maximum atomic E-state index is 12.3. The fourth-order valence-electron chi connectivity index (χ4n) is 2.45.